The molecule has 2 aromatic rings. The highest BCUT2D eigenvalue weighted by Crippen LogP contribution is 2.38. The summed E-state index contributed by atoms with van der Waals surface area (Å²) in [6.07, 6.45) is 2.00. The van der Waals surface area contributed by atoms with Crippen LogP contribution >= 0.6 is 12.2 Å². The van der Waals surface area contributed by atoms with Crippen molar-refractivity contribution in [3.63, 3.8) is 0 Å². The van der Waals surface area contributed by atoms with Gasteiger partial charge in [-0.2, -0.15) is 5.10 Å². The standard InChI is InChI=1S/C11H9F2N3S/c12-6-1-4-9(13)8(5-6)10-14-15-11(17)16(10)7-2-3-7/h1,4-5,7H,2-3H2,(H,15,17). The number of aromatic nitrogens is 3. The Morgan fingerprint density at radius 3 is 2.82 bits per heavy atom. The Bertz CT molecular complexity index is 628. The monoisotopic (exact) mass is 253 g/mol. The van der Waals surface area contributed by atoms with Gasteiger partial charge in [-0.25, -0.2) is 8.78 Å². The van der Waals surface area contributed by atoms with E-state index in [-0.39, 0.29) is 11.6 Å². The van der Waals surface area contributed by atoms with Crippen molar-refractivity contribution in [2.45, 2.75) is 18.9 Å². The molecule has 1 fully saturated rings. The normalized spacial score (nSPS) is 15.2. The lowest BCUT2D eigenvalue weighted by Crippen LogP contribution is -1.99. The molecule has 0 saturated heterocycles. The van der Waals surface area contributed by atoms with Gasteiger partial charge >= 0.3 is 0 Å². The van der Waals surface area contributed by atoms with Gasteiger partial charge in [-0.1, -0.05) is 0 Å². The van der Waals surface area contributed by atoms with Crippen molar-refractivity contribution in [1.29, 1.82) is 0 Å². The van der Waals surface area contributed by atoms with E-state index in [2.05, 4.69) is 10.2 Å². The number of aromatic amines is 1. The van der Waals surface area contributed by atoms with Gasteiger partial charge in [0.2, 0.25) is 0 Å². The second kappa shape index (κ2) is 3.73. The van der Waals surface area contributed by atoms with Crippen molar-refractivity contribution < 1.29 is 8.78 Å². The van der Waals surface area contributed by atoms with Crippen LogP contribution in [0.1, 0.15) is 18.9 Å². The maximum absolute atomic E-state index is 13.7. The zero-order valence-electron chi connectivity index (χ0n) is 8.78. The third-order valence-electron chi connectivity index (χ3n) is 2.79. The smallest absolute Gasteiger partial charge is 0.195 e. The maximum Gasteiger partial charge on any atom is 0.195 e. The molecule has 0 spiro atoms. The predicted octanol–water partition coefficient (Wildman–Crippen LogP) is 3.22. The highest BCUT2D eigenvalue weighted by Gasteiger charge is 2.28. The number of H-pyrrole nitrogens is 1. The number of halogens is 2. The average molecular weight is 253 g/mol. The van der Waals surface area contributed by atoms with E-state index in [0.717, 1.165) is 31.0 Å². The molecule has 17 heavy (non-hydrogen) atoms. The maximum atomic E-state index is 13.7. The number of nitrogens with zero attached hydrogens (tertiary/aromatic N) is 2. The van der Waals surface area contributed by atoms with E-state index in [1.165, 1.54) is 0 Å². The van der Waals surface area contributed by atoms with E-state index in [4.69, 9.17) is 12.2 Å². The fourth-order valence-electron chi connectivity index (χ4n) is 1.84. The van der Waals surface area contributed by atoms with Crippen molar-refractivity contribution in [2.24, 2.45) is 0 Å². The van der Waals surface area contributed by atoms with Gasteiger partial charge in [-0.3, -0.25) is 9.67 Å². The molecule has 1 aliphatic rings. The Morgan fingerprint density at radius 2 is 2.12 bits per heavy atom. The molecule has 0 amide bonds. The summed E-state index contributed by atoms with van der Waals surface area (Å²) in [7, 11) is 0. The van der Waals surface area contributed by atoms with Crippen molar-refractivity contribution in [2.75, 3.05) is 0 Å². The van der Waals surface area contributed by atoms with Gasteiger partial charge in [-0.15, -0.1) is 0 Å². The topological polar surface area (TPSA) is 33.6 Å². The van der Waals surface area contributed by atoms with Crippen LogP contribution in [0, 0.1) is 16.4 Å². The summed E-state index contributed by atoms with van der Waals surface area (Å²) in [6.45, 7) is 0. The molecule has 6 heteroatoms. The molecule has 0 aliphatic heterocycles. The molecule has 3 rings (SSSR count). The van der Waals surface area contributed by atoms with Gasteiger partial charge in [0.15, 0.2) is 10.6 Å². The Morgan fingerprint density at radius 1 is 1.35 bits per heavy atom. The summed E-state index contributed by atoms with van der Waals surface area (Å²) in [4.78, 5) is 0. The SMILES string of the molecule is Fc1ccc(F)c(-c2n[nH]c(=S)n2C2CC2)c1. The summed E-state index contributed by atoms with van der Waals surface area (Å²) >= 11 is 5.09. The molecule has 88 valence electrons. The van der Waals surface area contributed by atoms with E-state index in [0.29, 0.717) is 10.6 Å². The van der Waals surface area contributed by atoms with Gasteiger partial charge in [0.05, 0.1) is 5.56 Å². The summed E-state index contributed by atoms with van der Waals surface area (Å²) < 4.78 is 29.0. The van der Waals surface area contributed by atoms with E-state index < -0.39 is 11.6 Å². The molecule has 0 radical (unpaired) electrons. The fourth-order valence-corrected chi connectivity index (χ4v) is 2.12. The van der Waals surface area contributed by atoms with Gasteiger partial charge < -0.3 is 0 Å². The summed E-state index contributed by atoms with van der Waals surface area (Å²) in [5.74, 6) is -0.616. The first-order chi connectivity index (χ1) is 8.16. The molecule has 0 atom stereocenters. The molecule has 0 unspecified atom stereocenters. The van der Waals surface area contributed by atoms with Crippen LogP contribution in [-0.4, -0.2) is 14.8 Å². The lowest BCUT2D eigenvalue weighted by atomic mass is 10.2. The third kappa shape index (κ3) is 1.78. The van der Waals surface area contributed by atoms with Crippen LogP contribution in [0.2, 0.25) is 0 Å². The number of hydrogen-bond acceptors (Lipinski definition) is 2. The van der Waals surface area contributed by atoms with Crippen molar-refractivity contribution in [3.8, 4) is 11.4 Å². The first-order valence-corrected chi connectivity index (χ1v) is 5.70. The number of hydrogen-bond donors (Lipinski definition) is 1. The van der Waals surface area contributed by atoms with Crippen molar-refractivity contribution in [3.05, 3.63) is 34.6 Å². The van der Waals surface area contributed by atoms with E-state index in [1.54, 1.807) is 4.57 Å². The van der Waals surface area contributed by atoms with Crippen LogP contribution in [0.15, 0.2) is 18.2 Å². The Hall–Kier alpha value is -1.56. The number of rotatable bonds is 2. The molecule has 1 heterocycles. The predicted molar refractivity (Wildman–Crippen MR) is 61.0 cm³/mol. The average Bonchev–Trinajstić information content (AvgIpc) is 3.06. The van der Waals surface area contributed by atoms with Gasteiger partial charge in [-0.05, 0) is 43.3 Å². The second-order valence-electron chi connectivity index (χ2n) is 4.08. The van der Waals surface area contributed by atoms with Gasteiger partial charge in [0.1, 0.15) is 11.6 Å². The molecule has 3 nitrogen and oxygen atoms in total. The minimum absolute atomic E-state index is 0.143. The highest BCUT2D eigenvalue weighted by atomic mass is 32.1. The van der Waals surface area contributed by atoms with Crippen LogP contribution in [-0.2, 0) is 0 Å². The van der Waals surface area contributed by atoms with Crippen LogP contribution in [0.3, 0.4) is 0 Å². The first-order valence-electron chi connectivity index (χ1n) is 5.29. The largest absolute Gasteiger partial charge is 0.297 e. The number of nitrogens with one attached hydrogen (secondary N) is 1. The second-order valence-corrected chi connectivity index (χ2v) is 4.46. The highest BCUT2D eigenvalue weighted by molar-refractivity contribution is 7.71. The lowest BCUT2D eigenvalue weighted by Gasteiger charge is -2.05. The molecule has 1 aromatic carbocycles. The minimum atomic E-state index is -0.498. The molecule has 1 aliphatic carbocycles. The summed E-state index contributed by atoms with van der Waals surface area (Å²) in [5, 5.41) is 6.62. The molecular weight excluding hydrogens is 244 g/mol. The van der Waals surface area contributed by atoms with E-state index in [9.17, 15) is 8.78 Å². The minimum Gasteiger partial charge on any atom is -0.297 e. The lowest BCUT2D eigenvalue weighted by molar-refractivity contribution is 0.599. The Kier molecular flexibility index (Phi) is 2.32. The Balaban J connectivity index is 2.21. The van der Waals surface area contributed by atoms with Crippen LogP contribution in [0.5, 0.6) is 0 Å². The summed E-state index contributed by atoms with van der Waals surface area (Å²) in [6, 6.07) is 3.58. The van der Waals surface area contributed by atoms with E-state index >= 15 is 0 Å². The molecule has 0 bridgehead atoms. The fraction of sp³-hybridized carbons (Fsp3) is 0.273. The zero-order chi connectivity index (χ0) is 12.0. The van der Waals surface area contributed by atoms with Crippen molar-refractivity contribution >= 4 is 12.2 Å². The van der Waals surface area contributed by atoms with Crippen LogP contribution in [0.25, 0.3) is 11.4 Å². The van der Waals surface area contributed by atoms with Gasteiger partial charge in [0, 0.05) is 6.04 Å². The zero-order valence-corrected chi connectivity index (χ0v) is 9.60. The Labute approximate surface area is 101 Å². The number of benzene rings is 1. The molecular formula is C11H9F2N3S. The van der Waals surface area contributed by atoms with Crippen LogP contribution < -0.4 is 0 Å². The van der Waals surface area contributed by atoms with Crippen LogP contribution in [0.4, 0.5) is 8.78 Å². The van der Waals surface area contributed by atoms with Gasteiger partial charge in [0.25, 0.3) is 0 Å². The van der Waals surface area contributed by atoms with E-state index in [1.807, 2.05) is 0 Å². The third-order valence-corrected chi connectivity index (χ3v) is 3.07. The quantitative estimate of drug-likeness (QED) is 0.834. The first kappa shape index (κ1) is 10.6. The van der Waals surface area contributed by atoms with Crippen molar-refractivity contribution in [1.82, 2.24) is 14.8 Å². The molecule has 1 N–H and O–H groups in total. The molecule has 1 saturated carbocycles. The summed E-state index contributed by atoms with van der Waals surface area (Å²) in [5.41, 5.74) is 0.143. The molecule has 1 aromatic heterocycles.